The monoisotopic (exact) mass is 243 g/mol. The van der Waals surface area contributed by atoms with Crippen LogP contribution in [0.15, 0.2) is 22.7 Å². The Morgan fingerprint density at radius 2 is 2.15 bits per heavy atom. The van der Waals surface area contributed by atoms with Crippen LogP contribution in [0.5, 0.6) is 0 Å². The fourth-order valence-electron chi connectivity index (χ4n) is 1.14. The third kappa shape index (κ3) is 3.79. The zero-order valence-corrected chi connectivity index (χ0v) is 9.52. The van der Waals surface area contributed by atoms with Gasteiger partial charge in [0, 0.05) is 23.8 Å². The molecule has 0 saturated heterocycles. The Labute approximate surface area is 87.4 Å². The van der Waals surface area contributed by atoms with E-state index in [1.807, 2.05) is 0 Å². The molecule has 1 aromatic rings. The maximum Gasteiger partial charge on any atom is 0.0635 e. The normalized spacial score (nSPS) is 10.1. The van der Waals surface area contributed by atoms with Gasteiger partial charge >= 0.3 is 0 Å². The van der Waals surface area contributed by atoms with Crippen molar-refractivity contribution in [3.63, 3.8) is 0 Å². The quantitative estimate of drug-likeness (QED) is 0.822. The van der Waals surface area contributed by atoms with Gasteiger partial charge in [-0.05, 0) is 30.7 Å². The van der Waals surface area contributed by atoms with E-state index in [2.05, 4.69) is 46.4 Å². The van der Waals surface area contributed by atoms with E-state index in [9.17, 15) is 0 Å². The average molecular weight is 244 g/mol. The minimum Gasteiger partial charge on any atom is -0.383 e. The van der Waals surface area contributed by atoms with Gasteiger partial charge in [-0.2, -0.15) is 0 Å². The van der Waals surface area contributed by atoms with Crippen molar-refractivity contribution in [3.8, 4) is 0 Å². The minimum absolute atomic E-state index is 0.728. The van der Waals surface area contributed by atoms with Gasteiger partial charge in [-0.25, -0.2) is 0 Å². The summed E-state index contributed by atoms with van der Waals surface area (Å²) >= 11 is 3.45. The lowest BCUT2D eigenvalue weighted by Crippen LogP contribution is -2.07. The highest BCUT2D eigenvalue weighted by molar-refractivity contribution is 9.10. The van der Waals surface area contributed by atoms with Crippen LogP contribution in [0.25, 0.3) is 0 Å². The maximum absolute atomic E-state index is 4.95. The Balaban J connectivity index is 2.56. The number of nitrogens with one attached hydrogen (secondary N) is 1. The van der Waals surface area contributed by atoms with Crippen LogP contribution >= 0.6 is 15.9 Å². The molecule has 1 rings (SSSR count). The summed E-state index contributed by atoms with van der Waals surface area (Å²) in [5, 5.41) is 3.27. The summed E-state index contributed by atoms with van der Waals surface area (Å²) in [4.78, 5) is 0. The van der Waals surface area contributed by atoms with E-state index in [-0.39, 0.29) is 0 Å². The first-order valence-corrected chi connectivity index (χ1v) is 5.01. The summed E-state index contributed by atoms with van der Waals surface area (Å²) in [7, 11) is 1.70. The van der Waals surface area contributed by atoms with E-state index < -0.39 is 0 Å². The number of aryl methyl sites for hydroxylation is 1. The van der Waals surface area contributed by atoms with Gasteiger partial charge in [0.2, 0.25) is 0 Å². The van der Waals surface area contributed by atoms with E-state index in [4.69, 9.17) is 4.74 Å². The first-order valence-electron chi connectivity index (χ1n) is 4.22. The largest absolute Gasteiger partial charge is 0.383 e. The summed E-state index contributed by atoms with van der Waals surface area (Å²) in [5.41, 5.74) is 2.37. The first-order chi connectivity index (χ1) is 6.22. The lowest BCUT2D eigenvalue weighted by atomic mass is 10.2. The highest BCUT2D eigenvalue weighted by Gasteiger charge is 1.94. The number of rotatable bonds is 4. The van der Waals surface area contributed by atoms with Gasteiger partial charge in [-0.15, -0.1) is 0 Å². The van der Waals surface area contributed by atoms with Crippen LogP contribution in [0, 0.1) is 6.92 Å². The molecule has 0 amide bonds. The molecule has 0 radical (unpaired) electrons. The second-order valence-electron chi connectivity index (χ2n) is 2.94. The number of hydrogen-bond acceptors (Lipinski definition) is 2. The van der Waals surface area contributed by atoms with E-state index in [0.29, 0.717) is 0 Å². The molecule has 0 unspecified atom stereocenters. The molecule has 0 spiro atoms. The number of benzene rings is 1. The fraction of sp³-hybridized carbons (Fsp3) is 0.400. The van der Waals surface area contributed by atoms with Gasteiger partial charge < -0.3 is 10.1 Å². The standard InChI is InChI=1S/C10H14BrNO/c1-8-5-9(11)7-10(6-8)12-3-4-13-2/h5-7,12H,3-4H2,1-2H3. The topological polar surface area (TPSA) is 21.3 Å². The Morgan fingerprint density at radius 3 is 2.77 bits per heavy atom. The molecule has 0 aliphatic rings. The van der Waals surface area contributed by atoms with Crippen LogP contribution in [0.2, 0.25) is 0 Å². The smallest absolute Gasteiger partial charge is 0.0635 e. The summed E-state index contributed by atoms with van der Waals surface area (Å²) in [6, 6.07) is 6.25. The van der Waals surface area contributed by atoms with E-state index in [1.165, 1.54) is 5.56 Å². The highest BCUT2D eigenvalue weighted by Crippen LogP contribution is 2.18. The second-order valence-corrected chi connectivity index (χ2v) is 3.85. The van der Waals surface area contributed by atoms with E-state index in [0.717, 1.165) is 23.3 Å². The molecule has 0 bridgehead atoms. The maximum atomic E-state index is 4.95. The number of anilines is 1. The summed E-state index contributed by atoms with van der Waals surface area (Å²) in [6.45, 7) is 3.64. The molecule has 0 fully saturated rings. The minimum atomic E-state index is 0.728. The van der Waals surface area contributed by atoms with E-state index in [1.54, 1.807) is 7.11 Å². The molecule has 3 heteroatoms. The van der Waals surface area contributed by atoms with Gasteiger partial charge in [0.05, 0.1) is 6.61 Å². The molecule has 0 aromatic heterocycles. The lowest BCUT2D eigenvalue weighted by molar-refractivity contribution is 0.211. The molecule has 13 heavy (non-hydrogen) atoms. The highest BCUT2D eigenvalue weighted by atomic mass is 79.9. The summed E-state index contributed by atoms with van der Waals surface area (Å²) in [6.07, 6.45) is 0. The molecule has 0 saturated carbocycles. The third-order valence-corrected chi connectivity index (χ3v) is 2.14. The van der Waals surface area contributed by atoms with Crippen molar-refractivity contribution >= 4 is 21.6 Å². The molecule has 72 valence electrons. The fourth-order valence-corrected chi connectivity index (χ4v) is 1.74. The molecular formula is C10H14BrNO. The van der Waals surface area contributed by atoms with Crippen LogP contribution in [0.4, 0.5) is 5.69 Å². The number of hydrogen-bond donors (Lipinski definition) is 1. The molecule has 0 atom stereocenters. The predicted octanol–water partition coefficient (Wildman–Crippen LogP) is 2.82. The van der Waals surface area contributed by atoms with Crippen molar-refractivity contribution in [2.75, 3.05) is 25.6 Å². The van der Waals surface area contributed by atoms with Crippen LogP contribution in [0.3, 0.4) is 0 Å². The number of ether oxygens (including phenoxy) is 1. The lowest BCUT2D eigenvalue weighted by Gasteiger charge is -2.06. The van der Waals surface area contributed by atoms with Gasteiger partial charge in [0.15, 0.2) is 0 Å². The Hall–Kier alpha value is -0.540. The molecular weight excluding hydrogens is 230 g/mol. The second kappa shape index (κ2) is 5.25. The van der Waals surface area contributed by atoms with Gasteiger partial charge in [0.25, 0.3) is 0 Å². The van der Waals surface area contributed by atoms with Crippen LogP contribution in [-0.4, -0.2) is 20.3 Å². The van der Waals surface area contributed by atoms with Gasteiger partial charge in [-0.1, -0.05) is 15.9 Å². The van der Waals surface area contributed by atoms with Crippen LogP contribution in [0.1, 0.15) is 5.56 Å². The SMILES string of the molecule is COCCNc1cc(C)cc(Br)c1. The first kappa shape index (κ1) is 10.5. The van der Waals surface area contributed by atoms with Crippen molar-refractivity contribution in [1.82, 2.24) is 0 Å². The van der Waals surface area contributed by atoms with Crippen LogP contribution in [-0.2, 0) is 4.74 Å². The zero-order valence-electron chi connectivity index (χ0n) is 7.93. The zero-order chi connectivity index (χ0) is 9.68. The molecule has 0 aliphatic carbocycles. The Bertz CT molecular complexity index is 255. The van der Waals surface area contributed by atoms with Crippen molar-refractivity contribution in [1.29, 1.82) is 0 Å². The molecule has 2 nitrogen and oxygen atoms in total. The summed E-state index contributed by atoms with van der Waals surface area (Å²) in [5.74, 6) is 0. The van der Waals surface area contributed by atoms with Gasteiger partial charge in [-0.3, -0.25) is 0 Å². The molecule has 0 heterocycles. The third-order valence-electron chi connectivity index (χ3n) is 1.68. The predicted molar refractivity (Wildman–Crippen MR) is 59.2 cm³/mol. The van der Waals surface area contributed by atoms with Crippen LogP contribution < -0.4 is 5.32 Å². The Morgan fingerprint density at radius 1 is 1.38 bits per heavy atom. The number of methoxy groups -OCH3 is 1. The van der Waals surface area contributed by atoms with Crippen molar-refractivity contribution < 1.29 is 4.74 Å². The molecule has 0 aliphatic heterocycles. The van der Waals surface area contributed by atoms with Gasteiger partial charge in [0.1, 0.15) is 0 Å². The summed E-state index contributed by atoms with van der Waals surface area (Å²) < 4.78 is 6.05. The molecule has 1 N–H and O–H groups in total. The van der Waals surface area contributed by atoms with E-state index >= 15 is 0 Å². The van der Waals surface area contributed by atoms with Crippen molar-refractivity contribution in [3.05, 3.63) is 28.2 Å². The Kier molecular flexibility index (Phi) is 4.25. The molecule has 1 aromatic carbocycles. The number of halogens is 1. The average Bonchev–Trinajstić information content (AvgIpc) is 2.03. The van der Waals surface area contributed by atoms with Crippen molar-refractivity contribution in [2.24, 2.45) is 0 Å². The van der Waals surface area contributed by atoms with Crippen molar-refractivity contribution in [2.45, 2.75) is 6.92 Å².